The van der Waals surface area contributed by atoms with Gasteiger partial charge in [-0.3, -0.25) is 38.4 Å². The molecule has 450 valence electrons. The monoisotopic (exact) mass is 1150 g/mol. The molecule has 0 radical (unpaired) electrons. The highest BCUT2D eigenvalue weighted by Crippen LogP contribution is 2.27. The molecule has 0 bridgehead atoms. The van der Waals surface area contributed by atoms with Crippen LogP contribution in [0.3, 0.4) is 0 Å². The molecule has 82 heavy (non-hydrogen) atoms. The molecule has 0 aromatic heterocycles. The van der Waals surface area contributed by atoms with Crippen LogP contribution in [0.4, 0.5) is 0 Å². The van der Waals surface area contributed by atoms with Gasteiger partial charge in [0.2, 0.25) is 41.4 Å². The Bertz CT molecular complexity index is 2720. The SMILES string of the molecule is CCCCCCCCOc1ccc2cc(C(=O)N[C@@H]3C[C@H](O)[C@@H](OCCN)NC(=O)C4[C@@H](O)CCN4C(=O)C([C@@H](O)CC(N)=O)NC(=O)C([C@H](O)[C@@H](O)c4ccc(O)cc4)NC(=O)C4CC(O)CN4C(=O)C([C@@H](C)O)NC3=O)ccc2c1. The maximum atomic E-state index is 14.6. The van der Waals surface area contributed by atoms with E-state index in [4.69, 9.17) is 20.9 Å². The molecule has 14 atom stereocenters. The third kappa shape index (κ3) is 16.6. The minimum Gasteiger partial charge on any atom is -0.508 e. The van der Waals surface area contributed by atoms with Gasteiger partial charge in [-0.2, -0.15) is 0 Å². The molecular formula is C55H77N9O18. The number of phenolic OH excluding ortho intramolecular Hbond substituents is 1. The molecule has 3 aromatic carbocycles. The highest BCUT2D eigenvalue weighted by Gasteiger charge is 2.49. The number of ether oxygens (including phenoxy) is 2. The van der Waals surface area contributed by atoms with Gasteiger partial charge < -0.3 is 98.2 Å². The van der Waals surface area contributed by atoms with Crippen LogP contribution in [0.25, 0.3) is 10.8 Å². The average Bonchev–Trinajstić information content (AvgIpc) is 4.20. The molecule has 3 aliphatic rings. The number of amides is 8. The minimum absolute atomic E-state index is 0.0244. The van der Waals surface area contributed by atoms with Crippen LogP contribution in [0.5, 0.6) is 11.5 Å². The third-order valence-corrected chi connectivity index (χ3v) is 14.7. The number of nitrogens with two attached hydrogens (primary N) is 2. The summed E-state index contributed by atoms with van der Waals surface area (Å²) in [5.41, 5.74) is 11.0. The second-order valence-corrected chi connectivity index (χ2v) is 21.0. The smallest absolute Gasteiger partial charge is 0.251 e. The van der Waals surface area contributed by atoms with E-state index in [0.717, 1.165) is 73.1 Å². The van der Waals surface area contributed by atoms with Crippen molar-refractivity contribution < 1.29 is 88.7 Å². The van der Waals surface area contributed by atoms with Crippen molar-refractivity contribution in [3.8, 4) is 11.5 Å². The van der Waals surface area contributed by atoms with E-state index in [2.05, 4.69) is 33.5 Å². The van der Waals surface area contributed by atoms with Gasteiger partial charge in [0.25, 0.3) is 5.91 Å². The quantitative estimate of drug-likeness (QED) is 0.0492. The number of benzene rings is 3. The average molecular weight is 1150 g/mol. The number of fused-ring (bicyclic) bond motifs is 3. The van der Waals surface area contributed by atoms with Gasteiger partial charge in [0.1, 0.15) is 66.1 Å². The van der Waals surface area contributed by atoms with Crippen LogP contribution in [-0.4, -0.2) is 210 Å². The number of nitrogens with one attached hydrogen (secondary N) is 5. The minimum atomic E-state index is -2.38. The van der Waals surface area contributed by atoms with Crippen LogP contribution in [-0.2, 0) is 38.3 Å². The van der Waals surface area contributed by atoms with E-state index in [1.807, 2.05) is 0 Å². The summed E-state index contributed by atoms with van der Waals surface area (Å²) in [6.45, 7) is 2.15. The van der Waals surface area contributed by atoms with E-state index in [9.17, 15) is 79.2 Å². The highest BCUT2D eigenvalue weighted by molar-refractivity contribution is 6.02. The Morgan fingerprint density at radius 2 is 1.38 bits per heavy atom. The van der Waals surface area contributed by atoms with E-state index >= 15 is 0 Å². The number of nitrogens with zero attached hydrogens (tertiary/aromatic N) is 2. The van der Waals surface area contributed by atoms with Gasteiger partial charge in [-0.05, 0) is 72.5 Å². The zero-order chi connectivity index (χ0) is 59.9. The molecule has 3 aliphatic heterocycles. The second kappa shape index (κ2) is 29.8. The van der Waals surface area contributed by atoms with E-state index in [-0.39, 0.29) is 36.4 Å². The topological polar surface area (TPSA) is 436 Å². The van der Waals surface area contributed by atoms with Crippen LogP contribution in [0.2, 0.25) is 0 Å². The lowest BCUT2D eigenvalue weighted by Gasteiger charge is -2.34. The van der Waals surface area contributed by atoms with E-state index < -0.39 is 165 Å². The maximum absolute atomic E-state index is 14.6. The molecule has 0 saturated carbocycles. The van der Waals surface area contributed by atoms with Crippen molar-refractivity contribution in [2.45, 2.75) is 163 Å². The Balaban J connectivity index is 1.39. The fourth-order valence-electron chi connectivity index (χ4n) is 10.2. The number of carbonyl (C=O) groups is 8. The normalized spacial score (nSPS) is 26.7. The fourth-order valence-corrected chi connectivity index (χ4v) is 10.2. The lowest BCUT2D eigenvalue weighted by molar-refractivity contribution is -0.150. The zero-order valence-corrected chi connectivity index (χ0v) is 45.7. The van der Waals surface area contributed by atoms with Gasteiger partial charge >= 0.3 is 0 Å². The first kappa shape index (κ1) is 64.1. The Kier molecular flexibility index (Phi) is 23.3. The summed E-state index contributed by atoms with van der Waals surface area (Å²) >= 11 is 0. The lowest BCUT2D eigenvalue weighted by atomic mass is 9.96. The molecule has 27 nitrogen and oxygen atoms in total. The molecule has 3 heterocycles. The Hall–Kier alpha value is -7.08. The summed E-state index contributed by atoms with van der Waals surface area (Å²) in [5, 5.41) is 103. The number of aliphatic hydroxyl groups is 7. The van der Waals surface area contributed by atoms with Crippen LogP contribution in [0.15, 0.2) is 60.7 Å². The number of aromatic hydroxyl groups is 1. The van der Waals surface area contributed by atoms with E-state index in [1.165, 1.54) is 18.6 Å². The lowest BCUT2D eigenvalue weighted by Crippen LogP contribution is -2.64. The number of primary amides is 1. The molecule has 0 aliphatic carbocycles. The Morgan fingerprint density at radius 3 is 2.06 bits per heavy atom. The van der Waals surface area contributed by atoms with Crippen molar-refractivity contribution >= 4 is 58.0 Å². The first-order chi connectivity index (χ1) is 39.0. The summed E-state index contributed by atoms with van der Waals surface area (Å²) in [5.74, 6) is -9.46. The standard InChI is InChI=1S/C55H77N9O18/c1-3-4-5-6-7-8-20-81-35-16-13-30-22-32(10-9-31(30)23-35)48(74)58-36-25-40(70)53(82-21-18-56)62-52(78)45-38(68)17-19-63(45)55(80)43(39(69)26-41(57)71)60-51(77)44(47(73)46(72)29-11-14-33(66)15-12-29)61-50(76)37-24-34(67)27-64(37)54(79)42(28(2)65)59-49(36)75/h9-16,22-23,28,34,36-40,42-47,53,65-70,72-73H,3-8,17-21,24-27,56H2,1-2H3,(H2,57,71)(H,58,74)(H,59,75)(H,60,77)(H,61,76)(H,62,78)/t28-,34?,36-,37?,38+,39+,40+,42?,43?,44?,45?,46+,47+,53-/m1/s1. The molecule has 0 spiro atoms. The van der Waals surface area contributed by atoms with E-state index in [1.54, 1.807) is 24.3 Å². The molecule has 6 rings (SSSR count). The van der Waals surface area contributed by atoms with Gasteiger partial charge in [-0.15, -0.1) is 0 Å². The Labute approximate surface area is 472 Å². The first-order valence-electron chi connectivity index (χ1n) is 27.5. The number of unbranched alkanes of at least 4 members (excludes halogenated alkanes) is 5. The molecular weight excluding hydrogens is 1070 g/mol. The van der Waals surface area contributed by atoms with Gasteiger partial charge in [-0.1, -0.05) is 63.3 Å². The second-order valence-electron chi connectivity index (χ2n) is 21.0. The summed E-state index contributed by atoms with van der Waals surface area (Å²) < 4.78 is 11.7. The zero-order valence-electron chi connectivity index (χ0n) is 45.7. The number of hydrogen-bond acceptors (Lipinski definition) is 19. The molecule has 3 fully saturated rings. The van der Waals surface area contributed by atoms with Crippen LogP contribution in [0, 0.1) is 0 Å². The highest BCUT2D eigenvalue weighted by atomic mass is 16.5. The third-order valence-electron chi connectivity index (χ3n) is 14.7. The number of aliphatic hydroxyl groups excluding tert-OH is 7. The molecule has 27 heteroatoms. The van der Waals surface area contributed by atoms with Crippen molar-refractivity contribution in [3.05, 3.63) is 71.8 Å². The molecule has 17 N–H and O–H groups in total. The summed E-state index contributed by atoms with van der Waals surface area (Å²) in [6.07, 6.45) is -11.6. The van der Waals surface area contributed by atoms with Gasteiger partial charge in [-0.25, -0.2) is 0 Å². The summed E-state index contributed by atoms with van der Waals surface area (Å²) in [6, 6.07) is 2.39. The van der Waals surface area contributed by atoms with Crippen LogP contribution in [0.1, 0.15) is 100 Å². The number of rotatable bonds is 20. The fraction of sp³-hybridized carbons (Fsp3) is 0.564. The van der Waals surface area contributed by atoms with Crippen molar-refractivity contribution in [1.82, 2.24) is 36.4 Å². The van der Waals surface area contributed by atoms with Crippen molar-refractivity contribution in [2.24, 2.45) is 11.5 Å². The van der Waals surface area contributed by atoms with E-state index in [0.29, 0.717) is 23.1 Å². The molecule has 3 aromatic rings. The van der Waals surface area contributed by atoms with Gasteiger partial charge in [0, 0.05) is 38.0 Å². The first-order valence-corrected chi connectivity index (χ1v) is 27.5. The number of hydrogen-bond donors (Lipinski definition) is 15. The van der Waals surface area contributed by atoms with Gasteiger partial charge in [0.15, 0.2) is 6.23 Å². The maximum Gasteiger partial charge on any atom is 0.251 e. The predicted octanol–water partition coefficient (Wildman–Crippen LogP) is -3.35. The van der Waals surface area contributed by atoms with Gasteiger partial charge in [0.05, 0.1) is 44.1 Å². The van der Waals surface area contributed by atoms with Crippen LogP contribution < -0.4 is 42.8 Å². The molecule has 6 unspecified atom stereocenters. The summed E-state index contributed by atoms with van der Waals surface area (Å²) in [4.78, 5) is 115. The predicted molar refractivity (Wildman–Crippen MR) is 290 cm³/mol. The van der Waals surface area contributed by atoms with Crippen LogP contribution >= 0.6 is 0 Å². The number of phenols is 1. The molecule has 3 saturated heterocycles. The largest absolute Gasteiger partial charge is 0.508 e. The Morgan fingerprint density at radius 1 is 0.732 bits per heavy atom. The molecule has 8 amide bonds. The number of carbonyl (C=O) groups excluding carboxylic acids is 8. The van der Waals surface area contributed by atoms with Crippen molar-refractivity contribution in [2.75, 3.05) is 32.8 Å². The van der Waals surface area contributed by atoms with Crippen molar-refractivity contribution in [3.63, 3.8) is 0 Å². The summed E-state index contributed by atoms with van der Waals surface area (Å²) in [7, 11) is 0. The van der Waals surface area contributed by atoms with Crippen molar-refractivity contribution in [1.29, 1.82) is 0 Å².